The van der Waals surface area contributed by atoms with Crippen LogP contribution < -0.4 is 14.4 Å². The van der Waals surface area contributed by atoms with E-state index in [9.17, 15) is 19.5 Å². The molecule has 1 fully saturated rings. The molecule has 1 aliphatic heterocycles. The first-order valence-corrected chi connectivity index (χ1v) is 12.8. The molecule has 0 aromatic heterocycles. The predicted octanol–water partition coefficient (Wildman–Crippen LogP) is 6.07. The minimum absolute atomic E-state index is 0.128. The number of anilines is 1. The Morgan fingerprint density at radius 2 is 1.50 bits per heavy atom. The van der Waals surface area contributed by atoms with Crippen molar-refractivity contribution in [2.75, 3.05) is 26.2 Å². The fourth-order valence-electron chi connectivity index (χ4n) is 4.65. The van der Waals surface area contributed by atoms with E-state index in [1.54, 1.807) is 12.1 Å². The van der Waals surface area contributed by atoms with Gasteiger partial charge in [0.15, 0.2) is 0 Å². The number of carbonyl (C=O) groups excluding carboxylic acids is 3. The number of methoxy groups -OCH3 is 3. The van der Waals surface area contributed by atoms with Crippen molar-refractivity contribution in [3.05, 3.63) is 93.5 Å². The lowest BCUT2D eigenvalue weighted by atomic mass is 9.85. The van der Waals surface area contributed by atoms with Gasteiger partial charge in [-0.1, -0.05) is 56.6 Å². The first-order valence-electron chi connectivity index (χ1n) is 12.4. The summed E-state index contributed by atoms with van der Waals surface area (Å²) in [6.45, 7) is 6.24. The molecule has 8 nitrogen and oxygen atoms in total. The molecular formula is C31H30ClNO7. The van der Waals surface area contributed by atoms with Crippen molar-refractivity contribution in [3.8, 4) is 11.5 Å². The zero-order chi connectivity index (χ0) is 29.4. The molecule has 1 N–H and O–H groups in total. The van der Waals surface area contributed by atoms with Gasteiger partial charge < -0.3 is 19.3 Å². The third-order valence-corrected chi connectivity index (χ3v) is 7.13. The number of ketones is 1. The van der Waals surface area contributed by atoms with E-state index in [-0.39, 0.29) is 38.6 Å². The lowest BCUT2D eigenvalue weighted by Gasteiger charge is -2.27. The zero-order valence-electron chi connectivity index (χ0n) is 23.1. The molecule has 3 aromatic rings. The lowest BCUT2D eigenvalue weighted by Crippen LogP contribution is -2.29. The average Bonchev–Trinajstić information content (AvgIpc) is 3.21. The molecule has 0 spiro atoms. The van der Waals surface area contributed by atoms with E-state index in [0.29, 0.717) is 11.3 Å². The summed E-state index contributed by atoms with van der Waals surface area (Å²) < 4.78 is 15.5. The van der Waals surface area contributed by atoms with Gasteiger partial charge in [0.2, 0.25) is 0 Å². The second kappa shape index (κ2) is 11.1. The minimum atomic E-state index is -0.982. The molecule has 0 radical (unpaired) electrons. The number of amides is 1. The number of carbonyl (C=O) groups is 3. The van der Waals surface area contributed by atoms with Gasteiger partial charge in [0.1, 0.15) is 17.3 Å². The number of aliphatic hydroxyl groups is 1. The van der Waals surface area contributed by atoms with E-state index in [1.807, 2.05) is 24.3 Å². The van der Waals surface area contributed by atoms with Crippen LogP contribution in [0.5, 0.6) is 11.5 Å². The number of nitrogens with zero attached hydrogens (tertiary/aromatic N) is 1. The number of aliphatic hydroxyl groups excluding tert-OH is 1. The topological polar surface area (TPSA) is 102 Å². The maximum absolute atomic E-state index is 13.6. The van der Waals surface area contributed by atoms with Gasteiger partial charge in [-0.25, -0.2) is 4.79 Å². The van der Waals surface area contributed by atoms with Crippen molar-refractivity contribution in [2.45, 2.75) is 32.2 Å². The van der Waals surface area contributed by atoms with Crippen molar-refractivity contribution in [1.82, 2.24) is 0 Å². The first kappa shape index (κ1) is 28.7. The fourth-order valence-corrected chi connectivity index (χ4v) is 4.88. The van der Waals surface area contributed by atoms with Crippen LogP contribution in [0.2, 0.25) is 5.02 Å². The Kier molecular flexibility index (Phi) is 7.93. The summed E-state index contributed by atoms with van der Waals surface area (Å²) >= 11 is 6.26. The van der Waals surface area contributed by atoms with Crippen LogP contribution in [-0.2, 0) is 19.7 Å². The van der Waals surface area contributed by atoms with Gasteiger partial charge in [-0.2, -0.15) is 0 Å². The highest BCUT2D eigenvalue weighted by atomic mass is 35.5. The maximum atomic E-state index is 13.6. The summed E-state index contributed by atoms with van der Waals surface area (Å²) in [5.74, 6) is -2.25. The molecule has 1 unspecified atom stereocenters. The van der Waals surface area contributed by atoms with Crippen molar-refractivity contribution < 1.29 is 33.7 Å². The number of Topliss-reactive ketones (excluding diaryl/α,β-unsaturated/α-hetero) is 1. The zero-order valence-corrected chi connectivity index (χ0v) is 23.8. The molecule has 208 valence electrons. The van der Waals surface area contributed by atoms with Crippen LogP contribution in [-0.4, -0.2) is 44.1 Å². The molecule has 1 aliphatic rings. The highest BCUT2D eigenvalue weighted by Crippen LogP contribution is 2.45. The Morgan fingerprint density at radius 1 is 0.900 bits per heavy atom. The number of benzene rings is 3. The number of esters is 1. The SMILES string of the molecule is COC(=O)c1ccc(N2C(=O)C(=O)/C(=C(/O)c3cc(OC)c(Cl)cc3OC)C2c2ccc(C(C)(C)C)cc2)cc1. The van der Waals surface area contributed by atoms with Gasteiger partial charge in [0, 0.05) is 11.8 Å². The monoisotopic (exact) mass is 563 g/mol. The molecule has 40 heavy (non-hydrogen) atoms. The van der Waals surface area contributed by atoms with Crippen molar-refractivity contribution in [2.24, 2.45) is 0 Å². The molecular weight excluding hydrogens is 534 g/mol. The van der Waals surface area contributed by atoms with Crippen LogP contribution >= 0.6 is 11.6 Å². The summed E-state index contributed by atoms with van der Waals surface area (Å²) in [6, 6.07) is 15.6. The molecule has 1 amide bonds. The third-order valence-electron chi connectivity index (χ3n) is 6.83. The number of rotatable bonds is 6. The second-order valence-corrected chi connectivity index (χ2v) is 10.7. The molecule has 1 atom stereocenters. The third kappa shape index (κ3) is 5.14. The predicted molar refractivity (Wildman–Crippen MR) is 152 cm³/mol. The van der Waals surface area contributed by atoms with Crippen molar-refractivity contribution in [1.29, 1.82) is 0 Å². The molecule has 1 saturated heterocycles. The normalized spacial score (nSPS) is 16.7. The summed E-state index contributed by atoms with van der Waals surface area (Å²) in [5.41, 5.74) is 2.18. The number of ether oxygens (including phenoxy) is 3. The number of hydrogen-bond acceptors (Lipinski definition) is 7. The Labute approximate surface area is 237 Å². The highest BCUT2D eigenvalue weighted by Gasteiger charge is 2.47. The molecule has 0 aliphatic carbocycles. The summed E-state index contributed by atoms with van der Waals surface area (Å²) in [7, 11) is 4.10. The maximum Gasteiger partial charge on any atom is 0.337 e. The molecule has 1 heterocycles. The lowest BCUT2D eigenvalue weighted by molar-refractivity contribution is -0.132. The van der Waals surface area contributed by atoms with Crippen LogP contribution in [0, 0.1) is 0 Å². The van der Waals surface area contributed by atoms with Gasteiger partial charge in [-0.05, 0) is 46.9 Å². The van der Waals surface area contributed by atoms with Gasteiger partial charge in [-0.3, -0.25) is 14.5 Å². The van der Waals surface area contributed by atoms with E-state index < -0.39 is 29.5 Å². The van der Waals surface area contributed by atoms with Gasteiger partial charge in [0.05, 0.1) is 49.1 Å². The highest BCUT2D eigenvalue weighted by molar-refractivity contribution is 6.51. The van der Waals surface area contributed by atoms with E-state index in [0.717, 1.165) is 5.56 Å². The molecule has 9 heteroatoms. The number of halogens is 1. The Bertz CT molecular complexity index is 1500. The largest absolute Gasteiger partial charge is 0.507 e. The standard InChI is InChI=1S/C31H30ClNO7/c1-31(2,3)19-11-7-17(8-12-19)26-25(27(34)21-15-24(39-5)22(32)16-23(21)38-4)28(35)29(36)33(26)20-13-9-18(10-14-20)30(37)40-6/h7-16,26,34H,1-6H3/b27-25+. The van der Waals surface area contributed by atoms with E-state index in [4.69, 9.17) is 25.8 Å². The summed E-state index contributed by atoms with van der Waals surface area (Å²) in [6.07, 6.45) is 0. The van der Waals surface area contributed by atoms with E-state index in [2.05, 4.69) is 20.8 Å². The van der Waals surface area contributed by atoms with Gasteiger partial charge in [-0.15, -0.1) is 0 Å². The van der Waals surface area contributed by atoms with Gasteiger partial charge >= 0.3 is 5.97 Å². The van der Waals surface area contributed by atoms with Crippen molar-refractivity contribution >= 4 is 40.7 Å². The first-order chi connectivity index (χ1) is 18.9. The minimum Gasteiger partial charge on any atom is -0.507 e. The molecule has 0 saturated carbocycles. The van der Waals surface area contributed by atoms with E-state index >= 15 is 0 Å². The summed E-state index contributed by atoms with van der Waals surface area (Å²) in [5, 5.41) is 11.8. The van der Waals surface area contributed by atoms with Crippen molar-refractivity contribution in [3.63, 3.8) is 0 Å². The Hall–Kier alpha value is -4.30. The smallest absolute Gasteiger partial charge is 0.337 e. The second-order valence-electron chi connectivity index (χ2n) is 10.3. The van der Waals surface area contributed by atoms with Crippen LogP contribution in [0.4, 0.5) is 5.69 Å². The summed E-state index contributed by atoms with van der Waals surface area (Å²) in [4.78, 5) is 40.4. The fraction of sp³-hybridized carbons (Fsp3) is 0.258. The number of hydrogen-bond donors (Lipinski definition) is 1. The van der Waals surface area contributed by atoms with Gasteiger partial charge in [0.25, 0.3) is 11.7 Å². The average molecular weight is 564 g/mol. The molecule has 0 bridgehead atoms. The Balaban J connectivity index is 1.96. The van der Waals surface area contributed by atoms with Crippen LogP contribution in [0.1, 0.15) is 53.9 Å². The van der Waals surface area contributed by atoms with Crippen LogP contribution in [0.3, 0.4) is 0 Å². The van der Waals surface area contributed by atoms with Crippen LogP contribution in [0.15, 0.2) is 66.2 Å². The quantitative estimate of drug-likeness (QED) is 0.168. The van der Waals surface area contributed by atoms with E-state index in [1.165, 1.54) is 50.5 Å². The molecule has 4 rings (SSSR count). The molecule has 3 aromatic carbocycles. The van der Waals surface area contributed by atoms with Crippen LogP contribution in [0.25, 0.3) is 5.76 Å². The Morgan fingerprint density at radius 3 is 2.02 bits per heavy atom.